The molecule has 0 atom stereocenters. The zero-order valence-corrected chi connectivity index (χ0v) is 10.7. The molecule has 0 aliphatic rings. The minimum atomic E-state index is -0.761. The molecule has 4 nitrogen and oxygen atoms in total. The molecular weight excluding hydrogens is 261 g/mol. The summed E-state index contributed by atoms with van der Waals surface area (Å²) >= 11 is 0. The number of hydrogen-bond donors (Lipinski definition) is 1. The third kappa shape index (κ3) is 3.00. The average Bonchev–Trinajstić information content (AvgIpc) is 2.47. The first-order chi connectivity index (χ1) is 9.61. The largest absolute Gasteiger partial charge is 0.465 e. The molecule has 0 bridgehead atoms. The van der Waals surface area contributed by atoms with Gasteiger partial charge in [0.25, 0.3) is 5.91 Å². The molecule has 0 aliphatic heterocycles. The van der Waals surface area contributed by atoms with Crippen molar-refractivity contribution in [3.8, 4) is 0 Å². The maximum absolute atomic E-state index is 13.7. The van der Waals surface area contributed by atoms with Gasteiger partial charge in [0.15, 0.2) is 0 Å². The molecule has 0 heterocycles. The van der Waals surface area contributed by atoms with Gasteiger partial charge in [-0.15, -0.1) is 0 Å². The van der Waals surface area contributed by atoms with E-state index < -0.39 is 11.8 Å². The van der Waals surface area contributed by atoms with Crippen molar-refractivity contribution in [2.24, 2.45) is 0 Å². The predicted octanol–water partition coefficient (Wildman–Crippen LogP) is 2.86. The van der Waals surface area contributed by atoms with Gasteiger partial charge >= 0.3 is 5.97 Å². The molecular formula is C15H12FNO3. The van der Waals surface area contributed by atoms with Crippen LogP contribution >= 0.6 is 0 Å². The molecule has 20 heavy (non-hydrogen) atoms. The monoisotopic (exact) mass is 273 g/mol. The number of amides is 1. The van der Waals surface area contributed by atoms with Crippen LogP contribution in [0.4, 0.5) is 10.1 Å². The lowest BCUT2D eigenvalue weighted by Gasteiger charge is -2.07. The molecule has 0 unspecified atom stereocenters. The minimum absolute atomic E-state index is 0.176. The van der Waals surface area contributed by atoms with Crippen LogP contribution in [0.3, 0.4) is 0 Å². The Kier molecular flexibility index (Phi) is 4.10. The second-order valence-electron chi connectivity index (χ2n) is 4.01. The van der Waals surface area contributed by atoms with E-state index in [9.17, 15) is 14.0 Å². The quantitative estimate of drug-likeness (QED) is 0.875. The lowest BCUT2D eigenvalue weighted by molar-refractivity contribution is 0.0595. The van der Waals surface area contributed by atoms with Gasteiger partial charge in [-0.05, 0) is 30.3 Å². The Morgan fingerprint density at radius 3 is 2.40 bits per heavy atom. The first-order valence-electron chi connectivity index (χ1n) is 5.86. The number of rotatable bonds is 3. The number of anilines is 1. The second kappa shape index (κ2) is 5.97. The fourth-order valence-corrected chi connectivity index (χ4v) is 1.66. The average molecular weight is 273 g/mol. The SMILES string of the molecule is COC(=O)c1ccc(NC(=O)c2ccccc2)cc1F. The van der Waals surface area contributed by atoms with Crippen molar-refractivity contribution in [1.82, 2.24) is 0 Å². The normalized spacial score (nSPS) is 9.90. The highest BCUT2D eigenvalue weighted by Gasteiger charge is 2.13. The number of ether oxygens (including phenoxy) is 1. The molecule has 2 aromatic carbocycles. The second-order valence-corrected chi connectivity index (χ2v) is 4.01. The lowest BCUT2D eigenvalue weighted by Crippen LogP contribution is -2.12. The molecule has 0 fully saturated rings. The van der Waals surface area contributed by atoms with Crippen LogP contribution in [0, 0.1) is 5.82 Å². The van der Waals surface area contributed by atoms with E-state index in [1.807, 2.05) is 0 Å². The van der Waals surface area contributed by atoms with Crippen molar-refractivity contribution in [3.63, 3.8) is 0 Å². The van der Waals surface area contributed by atoms with E-state index >= 15 is 0 Å². The van der Waals surface area contributed by atoms with Crippen LogP contribution in [0.25, 0.3) is 0 Å². The van der Waals surface area contributed by atoms with Gasteiger partial charge in [-0.1, -0.05) is 18.2 Å². The molecule has 0 saturated heterocycles. The van der Waals surface area contributed by atoms with Gasteiger partial charge in [-0.2, -0.15) is 0 Å². The Morgan fingerprint density at radius 1 is 1.10 bits per heavy atom. The highest BCUT2D eigenvalue weighted by atomic mass is 19.1. The van der Waals surface area contributed by atoms with Crippen LogP contribution in [0.15, 0.2) is 48.5 Å². The minimum Gasteiger partial charge on any atom is -0.465 e. The van der Waals surface area contributed by atoms with E-state index in [4.69, 9.17) is 0 Å². The van der Waals surface area contributed by atoms with E-state index in [1.165, 1.54) is 19.2 Å². The Bertz CT molecular complexity index is 641. The molecule has 102 valence electrons. The first kappa shape index (κ1) is 13.7. The lowest BCUT2D eigenvalue weighted by atomic mass is 10.1. The van der Waals surface area contributed by atoms with Crippen molar-refractivity contribution < 1.29 is 18.7 Å². The maximum Gasteiger partial charge on any atom is 0.340 e. The topological polar surface area (TPSA) is 55.4 Å². The van der Waals surface area contributed by atoms with Gasteiger partial charge in [0.05, 0.1) is 12.7 Å². The molecule has 0 spiro atoms. The molecule has 5 heteroatoms. The van der Waals surface area contributed by atoms with Crippen LogP contribution in [-0.2, 0) is 4.74 Å². The number of halogens is 1. The van der Waals surface area contributed by atoms with Gasteiger partial charge in [-0.3, -0.25) is 4.79 Å². The first-order valence-corrected chi connectivity index (χ1v) is 5.86. The Morgan fingerprint density at radius 2 is 1.80 bits per heavy atom. The van der Waals surface area contributed by atoms with Gasteiger partial charge in [-0.25, -0.2) is 9.18 Å². The van der Waals surface area contributed by atoms with Crippen molar-refractivity contribution in [2.45, 2.75) is 0 Å². The summed E-state index contributed by atoms with van der Waals surface area (Å²) in [5.74, 6) is -1.86. The van der Waals surface area contributed by atoms with E-state index in [0.29, 0.717) is 5.56 Å². The summed E-state index contributed by atoms with van der Waals surface area (Å²) in [6.07, 6.45) is 0. The molecule has 1 amide bonds. The van der Waals surface area contributed by atoms with Crippen LogP contribution in [-0.4, -0.2) is 19.0 Å². The molecule has 1 N–H and O–H groups in total. The number of carbonyl (C=O) groups is 2. The van der Waals surface area contributed by atoms with E-state index in [2.05, 4.69) is 10.1 Å². The molecule has 0 radical (unpaired) electrons. The van der Waals surface area contributed by atoms with E-state index in [0.717, 1.165) is 6.07 Å². The highest BCUT2D eigenvalue weighted by molar-refractivity contribution is 6.04. The fraction of sp³-hybridized carbons (Fsp3) is 0.0667. The third-order valence-corrected chi connectivity index (χ3v) is 2.67. The molecule has 2 rings (SSSR count). The van der Waals surface area contributed by atoms with Gasteiger partial charge < -0.3 is 10.1 Å². The Hall–Kier alpha value is -2.69. The summed E-state index contributed by atoms with van der Waals surface area (Å²) in [6.45, 7) is 0. The molecule has 0 aliphatic carbocycles. The van der Waals surface area contributed by atoms with Crippen molar-refractivity contribution in [2.75, 3.05) is 12.4 Å². The van der Waals surface area contributed by atoms with Crippen LogP contribution in [0.2, 0.25) is 0 Å². The summed E-state index contributed by atoms with van der Waals surface area (Å²) in [6, 6.07) is 12.3. The van der Waals surface area contributed by atoms with Crippen molar-refractivity contribution >= 4 is 17.6 Å². The Labute approximate surface area is 115 Å². The fourth-order valence-electron chi connectivity index (χ4n) is 1.66. The predicted molar refractivity (Wildman–Crippen MR) is 72.1 cm³/mol. The number of benzene rings is 2. The maximum atomic E-state index is 13.7. The summed E-state index contributed by atoms with van der Waals surface area (Å²) in [7, 11) is 1.17. The van der Waals surface area contributed by atoms with Gasteiger partial charge in [0.2, 0.25) is 0 Å². The summed E-state index contributed by atoms with van der Waals surface area (Å²) in [4.78, 5) is 23.1. The van der Waals surface area contributed by atoms with Crippen molar-refractivity contribution in [3.05, 3.63) is 65.5 Å². The summed E-state index contributed by atoms with van der Waals surface area (Å²) < 4.78 is 18.1. The molecule has 0 aromatic heterocycles. The van der Waals surface area contributed by atoms with Crippen LogP contribution in [0.1, 0.15) is 20.7 Å². The van der Waals surface area contributed by atoms with Crippen LogP contribution < -0.4 is 5.32 Å². The van der Waals surface area contributed by atoms with Gasteiger partial charge in [0, 0.05) is 11.3 Å². The smallest absolute Gasteiger partial charge is 0.340 e. The third-order valence-electron chi connectivity index (χ3n) is 2.67. The number of methoxy groups -OCH3 is 1. The van der Waals surface area contributed by atoms with E-state index in [1.54, 1.807) is 30.3 Å². The van der Waals surface area contributed by atoms with Crippen molar-refractivity contribution in [1.29, 1.82) is 0 Å². The number of esters is 1. The van der Waals surface area contributed by atoms with Gasteiger partial charge in [0.1, 0.15) is 5.82 Å². The standard InChI is InChI=1S/C15H12FNO3/c1-20-15(19)12-8-7-11(9-13(12)16)17-14(18)10-5-3-2-4-6-10/h2-9H,1H3,(H,17,18). The number of nitrogens with one attached hydrogen (secondary N) is 1. The zero-order valence-electron chi connectivity index (χ0n) is 10.7. The molecule has 2 aromatic rings. The van der Waals surface area contributed by atoms with Crippen LogP contribution in [0.5, 0.6) is 0 Å². The molecule has 0 saturated carbocycles. The zero-order chi connectivity index (χ0) is 14.5. The van der Waals surface area contributed by atoms with E-state index in [-0.39, 0.29) is 17.2 Å². The highest BCUT2D eigenvalue weighted by Crippen LogP contribution is 2.16. The Balaban J connectivity index is 2.17. The summed E-state index contributed by atoms with van der Waals surface area (Å²) in [5.41, 5.74) is 0.555. The number of carbonyl (C=O) groups excluding carboxylic acids is 2. The number of hydrogen-bond acceptors (Lipinski definition) is 3. The summed E-state index contributed by atoms with van der Waals surface area (Å²) in [5, 5.41) is 2.55.